The van der Waals surface area contributed by atoms with Crippen LogP contribution in [0.5, 0.6) is 0 Å². The zero-order chi connectivity index (χ0) is 39.9. The van der Waals surface area contributed by atoms with E-state index in [0.717, 1.165) is 6.42 Å². The monoisotopic (exact) mass is 739 g/mol. The summed E-state index contributed by atoms with van der Waals surface area (Å²) in [6.07, 6.45) is 0.920. The Kier molecular flexibility index (Phi) is 12.0. The van der Waals surface area contributed by atoms with E-state index in [1.165, 1.54) is 99.8 Å². The third-order valence-electron chi connectivity index (χ3n) is 10.9. The third-order valence-corrected chi connectivity index (χ3v) is 10.9. The first-order valence-corrected chi connectivity index (χ1v) is 20.3. The Labute approximate surface area is 339 Å². The Morgan fingerprint density at radius 1 is 0.351 bits per heavy atom. The predicted octanol–water partition coefficient (Wildman–Crippen LogP) is 15.6. The molecule has 0 aliphatic carbocycles. The lowest BCUT2D eigenvalue weighted by molar-refractivity contribution is 1.18. The zero-order valence-corrected chi connectivity index (χ0v) is 34.5. The molecule has 0 saturated heterocycles. The van der Waals surface area contributed by atoms with E-state index in [9.17, 15) is 0 Å². The number of aryl methyl sites for hydroxylation is 5. The Balaban J connectivity index is 0.000000245. The minimum absolute atomic E-state index is 0.920. The van der Waals surface area contributed by atoms with Gasteiger partial charge in [-0.15, -0.1) is 0 Å². The van der Waals surface area contributed by atoms with Gasteiger partial charge in [0.05, 0.1) is 11.0 Å². The quantitative estimate of drug-likeness (QED) is 0.160. The van der Waals surface area contributed by atoms with Crippen molar-refractivity contribution in [2.45, 2.75) is 54.9 Å². The first-order chi connectivity index (χ1) is 27.8. The summed E-state index contributed by atoms with van der Waals surface area (Å²) in [5, 5.41) is 2.56. The topological polar surface area (TPSA) is 4.93 Å². The number of hydrogen-bond donors (Lipinski definition) is 0. The van der Waals surface area contributed by atoms with Gasteiger partial charge in [0.25, 0.3) is 0 Å². The van der Waals surface area contributed by atoms with E-state index < -0.39 is 0 Å². The number of fused-ring (bicyclic) bond motifs is 3. The molecule has 0 N–H and O–H groups in total. The third kappa shape index (κ3) is 8.39. The summed E-state index contributed by atoms with van der Waals surface area (Å²) >= 11 is 0. The Bertz CT molecular complexity index is 2760. The lowest BCUT2D eigenvalue weighted by Gasteiger charge is -2.12. The van der Waals surface area contributed by atoms with Gasteiger partial charge in [-0.3, -0.25) is 0 Å². The maximum Gasteiger partial charge on any atom is 0.0541 e. The van der Waals surface area contributed by atoms with Gasteiger partial charge in [-0.25, -0.2) is 0 Å². The molecule has 0 amide bonds. The summed E-state index contributed by atoms with van der Waals surface area (Å²) in [5.74, 6) is 0. The Hall–Kier alpha value is -6.44. The van der Waals surface area contributed by atoms with Crippen LogP contribution in [0.15, 0.2) is 182 Å². The maximum absolute atomic E-state index is 2.37. The van der Waals surface area contributed by atoms with Gasteiger partial charge in [-0.1, -0.05) is 171 Å². The fourth-order valence-corrected chi connectivity index (χ4v) is 7.90. The molecule has 1 nitrogen and oxygen atoms in total. The van der Waals surface area contributed by atoms with Gasteiger partial charge in [-0.2, -0.15) is 0 Å². The molecule has 1 heterocycles. The molecule has 1 aromatic heterocycles. The van der Waals surface area contributed by atoms with Gasteiger partial charge in [0.1, 0.15) is 0 Å². The van der Waals surface area contributed by atoms with Gasteiger partial charge in [0, 0.05) is 16.5 Å². The molecule has 0 radical (unpaired) electrons. The van der Waals surface area contributed by atoms with Gasteiger partial charge in [0.15, 0.2) is 0 Å². The highest BCUT2D eigenvalue weighted by molar-refractivity contribution is 6.10. The van der Waals surface area contributed by atoms with Crippen LogP contribution in [0.2, 0.25) is 0 Å². The average molecular weight is 740 g/mol. The van der Waals surface area contributed by atoms with Crippen LogP contribution >= 0.6 is 0 Å². The van der Waals surface area contributed by atoms with Crippen LogP contribution in [-0.2, 0) is 6.42 Å². The molecule has 8 aromatic carbocycles. The summed E-state index contributed by atoms with van der Waals surface area (Å²) in [7, 11) is 0. The lowest BCUT2D eigenvalue weighted by Crippen LogP contribution is -1.93. The van der Waals surface area contributed by atoms with Crippen LogP contribution in [0.25, 0.3) is 60.9 Å². The number of benzene rings is 8. The van der Waals surface area contributed by atoms with Gasteiger partial charge in [0.2, 0.25) is 0 Å². The van der Waals surface area contributed by atoms with E-state index in [0.29, 0.717) is 0 Å². The van der Waals surface area contributed by atoms with Gasteiger partial charge < -0.3 is 4.57 Å². The van der Waals surface area contributed by atoms with Crippen LogP contribution < -0.4 is 0 Å². The molecule has 9 aromatic rings. The second kappa shape index (κ2) is 17.6. The summed E-state index contributed by atoms with van der Waals surface area (Å²) in [6, 6.07) is 66.0. The summed E-state index contributed by atoms with van der Waals surface area (Å²) < 4.78 is 2.37. The molecule has 0 spiro atoms. The molecule has 0 fully saturated rings. The van der Waals surface area contributed by atoms with E-state index in [-0.39, 0.29) is 0 Å². The second-order valence-electron chi connectivity index (χ2n) is 14.9. The zero-order valence-electron chi connectivity index (χ0n) is 34.5. The van der Waals surface area contributed by atoms with Crippen molar-refractivity contribution in [3.8, 4) is 39.1 Å². The van der Waals surface area contributed by atoms with E-state index in [1.807, 2.05) is 13.8 Å². The number of para-hydroxylation sites is 2. The van der Waals surface area contributed by atoms with Crippen molar-refractivity contribution in [2.75, 3.05) is 0 Å². The van der Waals surface area contributed by atoms with Crippen molar-refractivity contribution in [3.63, 3.8) is 0 Å². The van der Waals surface area contributed by atoms with Crippen molar-refractivity contribution < 1.29 is 0 Å². The Morgan fingerprint density at radius 2 is 0.860 bits per heavy atom. The van der Waals surface area contributed by atoms with Crippen molar-refractivity contribution in [2.24, 2.45) is 0 Å². The highest BCUT2D eigenvalue weighted by Crippen LogP contribution is 2.35. The first kappa shape index (κ1) is 38.8. The molecule has 0 saturated carbocycles. The SMILES string of the molecule is CC.Cc1ccc(C)c(-c2ccccc2C)c1.Cc1ccccc1-c1cc(Cc2ccc(-c3ccc4c(c3)c3ccccc3n4-c3ccccc3)cc2)ccc1C. The van der Waals surface area contributed by atoms with E-state index in [2.05, 4.69) is 221 Å². The molecule has 9 rings (SSSR count). The van der Waals surface area contributed by atoms with E-state index in [4.69, 9.17) is 0 Å². The predicted molar refractivity (Wildman–Crippen MR) is 248 cm³/mol. The van der Waals surface area contributed by atoms with Crippen molar-refractivity contribution >= 4 is 21.8 Å². The molecule has 282 valence electrons. The molecule has 0 aliphatic heterocycles. The van der Waals surface area contributed by atoms with Gasteiger partial charge >= 0.3 is 0 Å². The fourth-order valence-electron chi connectivity index (χ4n) is 7.90. The fraction of sp³-hybridized carbons (Fsp3) is 0.143. The van der Waals surface area contributed by atoms with Crippen molar-refractivity contribution in [3.05, 3.63) is 221 Å². The molecular formula is C56H53N. The van der Waals surface area contributed by atoms with Crippen LogP contribution in [0, 0.1) is 34.6 Å². The average Bonchev–Trinajstić information content (AvgIpc) is 3.58. The normalized spacial score (nSPS) is 10.8. The number of hydrogen-bond acceptors (Lipinski definition) is 0. The number of rotatable bonds is 6. The van der Waals surface area contributed by atoms with Crippen molar-refractivity contribution in [1.82, 2.24) is 4.57 Å². The highest BCUT2D eigenvalue weighted by Gasteiger charge is 2.13. The van der Waals surface area contributed by atoms with Crippen LogP contribution in [0.3, 0.4) is 0 Å². The van der Waals surface area contributed by atoms with E-state index >= 15 is 0 Å². The first-order valence-electron chi connectivity index (χ1n) is 20.3. The summed E-state index contributed by atoms with van der Waals surface area (Å²) in [5.41, 5.74) is 20.8. The lowest BCUT2D eigenvalue weighted by atomic mass is 9.93. The highest BCUT2D eigenvalue weighted by atomic mass is 15.0. The maximum atomic E-state index is 2.37. The molecule has 0 aliphatic rings. The second-order valence-corrected chi connectivity index (χ2v) is 14.9. The number of aromatic nitrogens is 1. The Morgan fingerprint density at radius 3 is 1.53 bits per heavy atom. The van der Waals surface area contributed by atoms with Gasteiger partial charge in [-0.05, 0) is 138 Å². The van der Waals surface area contributed by atoms with E-state index in [1.54, 1.807) is 0 Å². The van der Waals surface area contributed by atoms with Crippen LogP contribution in [0.4, 0.5) is 0 Å². The standard InChI is InChI=1S/C39H31N.C15H16.C2H6/c1-27-10-6-7-13-34(27)36-25-30(17-16-28(36)2)24-29-18-20-31(21-19-29)32-22-23-39-37(26-32)35-14-8-9-15-38(35)40(39)33-11-4-3-5-12-33;1-11-8-9-13(3)15(10-11)14-7-5-4-6-12(14)2;1-2/h3-23,25-26H,24H2,1-2H3;4-10H,1-3H3;1-2H3. The number of nitrogens with zero attached hydrogens (tertiary/aromatic N) is 1. The minimum atomic E-state index is 0.920. The molecule has 0 unspecified atom stereocenters. The summed E-state index contributed by atoms with van der Waals surface area (Å²) in [4.78, 5) is 0. The molecule has 0 atom stereocenters. The molecule has 57 heavy (non-hydrogen) atoms. The molecule has 1 heteroatoms. The molecular weight excluding hydrogens is 687 g/mol. The van der Waals surface area contributed by atoms with Crippen LogP contribution in [-0.4, -0.2) is 4.57 Å². The van der Waals surface area contributed by atoms with Crippen LogP contribution in [0.1, 0.15) is 52.8 Å². The largest absolute Gasteiger partial charge is 0.309 e. The summed E-state index contributed by atoms with van der Waals surface area (Å²) in [6.45, 7) is 14.9. The minimum Gasteiger partial charge on any atom is -0.309 e. The smallest absolute Gasteiger partial charge is 0.0541 e. The van der Waals surface area contributed by atoms with Crippen molar-refractivity contribution in [1.29, 1.82) is 0 Å². The molecule has 0 bridgehead atoms.